The lowest BCUT2D eigenvalue weighted by atomic mass is 10.1. The standard InChI is InChI=1S/C16H12O7/c1-2-21-11-7-10(15(17)18)13-14(12(11)16(19)20)23-9-5-3-8(22-13)4-6-9/h3-7H,2H2,1H3,(H,17,18)(H,19,20). The summed E-state index contributed by atoms with van der Waals surface area (Å²) < 4.78 is 16.4. The van der Waals surface area contributed by atoms with E-state index < -0.39 is 11.9 Å². The third-order valence-electron chi connectivity index (χ3n) is 3.21. The Morgan fingerprint density at radius 1 is 1.00 bits per heavy atom. The Bertz CT molecular complexity index is 926. The number of rotatable bonds is 4. The van der Waals surface area contributed by atoms with Crippen molar-refractivity contribution in [2.45, 2.75) is 6.92 Å². The molecule has 0 spiro atoms. The van der Waals surface area contributed by atoms with Crippen molar-refractivity contribution in [3.8, 4) is 5.75 Å². The molecule has 0 amide bonds. The maximum atomic E-state index is 11.6. The van der Waals surface area contributed by atoms with Gasteiger partial charge in [-0.3, -0.25) is 0 Å². The molecule has 0 aliphatic carbocycles. The number of carboxylic acids is 2. The summed E-state index contributed by atoms with van der Waals surface area (Å²) in [5.74, 6) is -2.67. The van der Waals surface area contributed by atoms with E-state index in [4.69, 9.17) is 13.6 Å². The van der Waals surface area contributed by atoms with E-state index in [1.807, 2.05) is 0 Å². The molecule has 0 aliphatic heterocycles. The summed E-state index contributed by atoms with van der Waals surface area (Å²) >= 11 is 0. The summed E-state index contributed by atoms with van der Waals surface area (Å²) in [7, 11) is 0. The first kappa shape index (κ1) is 14.7. The van der Waals surface area contributed by atoms with Gasteiger partial charge in [0, 0.05) is 0 Å². The molecule has 23 heavy (non-hydrogen) atoms. The molecule has 2 N–H and O–H groups in total. The Morgan fingerprint density at radius 3 is 2.04 bits per heavy atom. The zero-order valence-corrected chi connectivity index (χ0v) is 12.0. The van der Waals surface area contributed by atoms with E-state index in [0.29, 0.717) is 11.2 Å². The lowest BCUT2D eigenvalue weighted by Gasteiger charge is -2.11. The Hall–Kier alpha value is -3.22. The number of hydrogen-bond donors (Lipinski definition) is 2. The fraction of sp³-hybridized carbons (Fsp3) is 0.125. The van der Waals surface area contributed by atoms with Gasteiger partial charge in [-0.25, -0.2) is 9.59 Å². The van der Waals surface area contributed by atoms with Crippen molar-refractivity contribution in [1.29, 1.82) is 0 Å². The van der Waals surface area contributed by atoms with Gasteiger partial charge in [0.05, 0.1) is 6.61 Å². The minimum atomic E-state index is -1.31. The Balaban J connectivity index is 2.57. The Kier molecular flexibility index (Phi) is 3.53. The fourth-order valence-corrected chi connectivity index (χ4v) is 2.26. The molecule has 4 aromatic rings. The summed E-state index contributed by atoms with van der Waals surface area (Å²) in [6.45, 7) is 1.84. The molecule has 2 aromatic heterocycles. The predicted octanol–water partition coefficient (Wildman–Crippen LogP) is 3.54. The van der Waals surface area contributed by atoms with E-state index >= 15 is 0 Å². The highest BCUT2D eigenvalue weighted by atomic mass is 16.5. The summed E-state index contributed by atoms with van der Waals surface area (Å²) in [4.78, 5) is 23.2. The molecule has 2 heterocycles. The van der Waals surface area contributed by atoms with Gasteiger partial charge in [0.25, 0.3) is 0 Å². The summed E-state index contributed by atoms with van der Waals surface area (Å²) in [6.07, 6.45) is 0. The minimum Gasteiger partial charge on any atom is -0.493 e. The van der Waals surface area contributed by atoms with Crippen LogP contribution in [-0.2, 0) is 0 Å². The van der Waals surface area contributed by atoms with Gasteiger partial charge in [-0.05, 0) is 37.3 Å². The van der Waals surface area contributed by atoms with Crippen LogP contribution < -0.4 is 4.74 Å². The fourth-order valence-electron chi connectivity index (χ4n) is 2.26. The summed E-state index contributed by atoms with van der Waals surface area (Å²) in [5, 5.41) is 18.9. The van der Waals surface area contributed by atoms with Crippen LogP contribution in [0.2, 0.25) is 0 Å². The van der Waals surface area contributed by atoms with Gasteiger partial charge in [0.15, 0.2) is 11.2 Å². The number of aromatic carboxylic acids is 2. The van der Waals surface area contributed by atoms with Gasteiger partial charge in [-0.2, -0.15) is 0 Å². The first-order chi connectivity index (χ1) is 11.0. The molecule has 0 fully saturated rings. The maximum Gasteiger partial charge on any atom is 0.343 e. The van der Waals surface area contributed by atoms with Crippen molar-refractivity contribution in [3.63, 3.8) is 0 Å². The van der Waals surface area contributed by atoms with Crippen LogP contribution in [0.15, 0.2) is 39.2 Å². The Morgan fingerprint density at radius 2 is 1.57 bits per heavy atom. The van der Waals surface area contributed by atoms with E-state index in [1.165, 1.54) is 0 Å². The van der Waals surface area contributed by atoms with Crippen molar-refractivity contribution in [1.82, 2.24) is 0 Å². The number of carboxylic acid groups (broad SMARTS) is 2. The molecule has 7 heteroatoms. The number of fused-ring (bicyclic) bond motifs is 2. The smallest absolute Gasteiger partial charge is 0.343 e. The van der Waals surface area contributed by atoms with E-state index in [1.54, 1.807) is 31.2 Å². The minimum absolute atomic E-state index is 0.0882. The molecule has 4 rings (SSSR count). The SMILES string of the molecule is CCOc1cc(C(=O)O)c2oc3ccc(cc3)oc2c1C(=O)O. The van der Waals surface area contributed by atoms with Gasteiger partial charge in [-0.15, -0.1) is 0 Å². The van der Waals surface area contributed by atoms with Crippen LogP contribution in [0, 0.1) is 0 Å². The lowest BCUT2D eigenvalue weighted by Crippen LogP contribution is -2.07. The van der Waals surface area contributed by atoms with Crippen molar-refractivity contribution >= 4 is 34.3 Å². The molecule has 0 saturated heterocycles. The molecule has 2 bridgehead atoms. The van der Waals surface area contributed by atoms with E-state index in [2.05, 4.69) is 0 Å². The molecule has 0 saturated carbocycles. The summed E-state index contributed by atoms with van der Waals surface area (Å²) in [6, 6.07) is 7.52. The number of ether oxygens (including phenoxy) is 1. The second-order valence-corrected chi connectivity index (χ2v) is 4.67. The van der Waals surface area contributed by atoms with E-state index in [0.717, 1.165) is 6.07 Å². The van der Waals surface area contributed by atoms with Crippen LogP contribution in [0.3, 0.4) is 0 Å². The molecule has 2 aromatic carbocycles. The second-order valence-electron chi connectivity index (χ2n) is 4.67. The molecular formula is C16H12O7. The highest BCUT2D eigenvalue weighted by molar-refractivity contribution is 6.09. The quantitative estimate of drug-likeness (QED) is 0.757. The van der Waals surface area contributed by atoms with Crippen molar-refractivity contribution in [3.05, 3.63) is 41.5 Å². The molecule has 0 unspecified atom stereocenters. The molecule has 0 atom stereocenters. The first-order valence-electron chi connectivity index (χ1n) is 6.77. The lowest BCUT2D eigenvalue weighted by molar-refractivity contribution is 0.0678. The van der Waals surface area contributed by atoms with Crippen molar-refractivity contribution < 1.29 is 33.4 Å². The number of carbonyl (C=O) groups is 2. The maximum absolute atomic E-state index is 11.6. The van der Waals surface area contributed by atoms with Crippen LogP contribution in [0.25, 0.3) is 22.3 Å². The average Bonchev–Trinajstić information content (AvgIpc) is 2.47. The third kappa shape index (κ3) is 2.52. The monoisotopic (exact) mass is 316 g/mol. The van der Waals surface area contributed by atoms with Crippen LogP contribution in [-0.4, -0.2) is 28.8 Å². The predicted molar refractivity (Wildman–Crippen MR) is 79.9 cm³/mol. The largest absolute Gasteiger partial charge is 0.493 e. The van der Waals surface area contributed by atoms with Gasteiger partial charge in [0.1, 0.15) is 28.0 Å². The van der Waals surface area contributed by atoms with Gasteiger partial charge < -0.3 is 23.8 Å². The zero-order chi connectivity index (χ0) is 16.6. The third-order valence-corrected chi connectivity index (χ3v) is 3.21. The molecule has 0 aliphatic rings. The molecular weight excluding hydrogens is 304 g/mol. The molecule has 118 valence electrons. The average molecular weight is 316 g/mol. The highest BCUT2D eigenvalue weighted by Crippen LogP contribution is 2.33. The van der Waals surface area contributed by atoms with Crippen LogP contribution in [0.5, 0.6) is 5.75 Å². The highest BCUT2D eigenvalue weighted by Gasteiger charge is 2.25. The number of hydrogen-bond acceptors (Lipinski definition) is 5. The van der Waals surface area contributed by atoms with Gasteiger partial charge in [-0.1, -0.05) is 0 Å². The van der Waals surface area contributed by atoms with Crippen LogP contribution >= 0.6 is 0 Å². The van der Waals surface area contributed by atoms with Crippen LogP contribution in [0.4, 0.5) is 0 Å². The normalized spacial score (nSPS) is 10.8. The van der Waals surface area contributed by atoms with Crippen molar-refractivity contribution in [2.75, 3.05) is 6.61 Å². The van der Waals surface area contributed by atoms with Gasteiger partial charge in [0.2, 0.25) is 0 Å². The molecule has 0 radical (unpaired) electrons. The van der Waals surface area contributed by atoms with Crippen molar-refractivity contribution in [2.24, 2.45) is 0 Å². The topological polar surface area (TPSA) is 110 Å². The Labute approximate surface area is 129 Å². The zero-order valence-electron chi connectivity index (χ0n) is 12.0. The molecule has 7 nitrogen and oxygen atoms in total. The van der Waals surface area contributed by atoms with Gasteiger partial charge >= 0.3 is 11.9 Å². The number of benzene rings is 2. The van der Waals surface area contributed by atoms with E-state index in [-0.39, 0.29) is 34.6 Å². The second kappa shape index (κ2) is 5.53. The summed E-state index contributed by atoms with van der Waals surface area (Å²) in [5.41, 5.74) is -0.140. The van der Waals surface area contributed by atoms with Crippen LogP contribution in [0.1, 0.15) is 27.6 Å². The first-order valence-corrected chi connectivity index (χ1v) is 6.77. The van der Waals surface area contributed by atoms with E-state index in [9.17, 15) is 19.8 Å².